The molecule has 0 spiro atoms. The van der Waals surface area contributed by atoms with Gasteiger partial charge in [-0.3, -0.25) is 0 Å². The van der Waals surface area contributed by atoms with Crippen molar-refractivity contribution < 1.29 is 5.21 Å². The predicted molar refractivity (Wildman–Crippen MR) is 56.3 cm³/mol. The fourth-order valence-corrected chi connectivity index (χ4v) is 2.61. The van der Waals surface area contributed by atoms with Gasteiger partial charge in [0.2, 0.25) is 0 Å². The van der Waals surface area contributed by atoms with Crippen molar-refractivity contribution in [3.8, 4) is 0 Å². The Hall–Kier alpha value is -0.570. The smallest absolute Gasteiger partial charge is 0.0830 e. The molecule has 0 heterocycles. The minimum absolute atomic E-state index is 0.569. The maximum absolute atomic E-state index is 8.81. The van der Waals surface area contributed by atoms with Gasteiger partial charge in [0.25, 0.3) is 0 Å². The molecule has 1 unspecified atom stereocenters. The van der Waals surface area contributed by atoms with Crippen LogP contribution in [0.4, 0.5) is 0 Å². The van der Waals surface area contributed by atoms with Gasteiger partial charge in [0.15, 0.2) is 0 Å². The van der Waals surface area contributed by atoms with Crippen LogP contribution in [0, 0.1) is 5.92 Å². The third kappa shape index (κ3) is 1.70. The van der Waals surface area contributed by atoms with Crippen LogP contribution in [-0.4, -0.2) is 10.9 Å². The summed E-state index contributed by atoms with van der Waals surface area (Å²) in [6, 6.07) is 0. The summed E-state index contributed by atoms with van der Waals surface area (Å²) >= 11 is 3.51. The third-order valence-electron chi connectivity index (χ3n) is 2.75. The highest BCUT2D eigenvalue weighted by molar-refractivity contribution is 9.11. The van der Waals surface area contributed by atoms with Gasteiger partial charge in [0.05, 0.1) is 5.71 Å². The van der Waals surface area contributed by atoms with Gasteiger partial charge in [0.1, 0.15) is 0 Å². The molecule has 2 nitrogen and oxygen atoms in total. The van der Waals surface area contributed by atoms with Gasteiger partial charge in [-0.05, 0) is 41.7 Å². The highest BCUT2D eigenvalue weighted by Gasteiger charge is 2.26. The lowest BCUT2D eigenvalue weighted by Gasteiger charge is -2.28. The molecule has 0 radical (unpaired) electrons. The van der Waals surface area contributed by atoms with Crippen LogP contribution in [0.1, 0.15) is 25.7 Å². The molecule has 1 saturated carbocycles. The summed E-state index contributed by atoms with van der Waals surface area (Å²) in [4.78, 5) is 0. The Bertz CT molecular complexity index is 304. The molecule has 0 aliphatic heterocycles. The van der Waals surface area contributed by atoms with Crippen molar-refractivity contribution in [2.75, 3.05) is 0 Å². The van der Waals surface area contributed by atoms with E-state index in [2.05, 4.69) is 33.2 Å². The van der Waals surface area contributed by atoms with Gasteiger partial charge in [0, 0.05) is 0 Å². The SMILES string of the molecule is ON=C1CCCC2CC(Br)=CC=C12. The molecule has 0 aromatic heterocycles. The maximum Gasteiger partial charge on any atom is 0.0830 e. The number of allylic oxidation sites excluding steroid dienone is 4. The zero-order valence-electron chi connectivity index (χ0n) is 7.33. The summed E-state index contributed by atoms with van der Waals surface area (Å²) < 4.78 is 1.25. The number of oxime groups is 1. The number of hydrogen-bond acceptors (Lipinski definition) is 2. The molecule has 0 bridgehead atoms. The van der Waals surface area contributed by atoms with Crippen LogP contribution >= 0.6 is 15.9 Å². The van der Waals surface area contributed by atoms with Crippen LogP contribution in [0.3, 0.4) is 0 Å². The molecular formula is C10H12BrNO. The Balaban J connectivity index is 2.30. The van der Waals surface area contributed by atoms with Crippen LogP contribution in [0.25, 0.3) is 0 Å². The molecular weight excluding hydrogens is 230 g/mol. The minimum Gasteiger partial charge on any atom is -0.411 e. The van der Waals surface area contributed by atoms with Gasteiger partial charge < -0.3 is 5.21 Å². The first kappa shape index (κ1) is 9.00. The molecule has 3 heteroatoms. The minimum atomic E-state index is 0.569. The van der Waals surface area contributed by atoms with Crippen molar-refractivity contribution in [2.45, 2.75) is 25.7 Å². The van der Waals surface area contributed by atoms with Crippen molar-refractivity contribution >= 4 is 21.6 Å². The van der Waals surface area contributed by atoms with E-state index in [0.717, 1.165) is 25.0 Å². The van der Waals surface area contributed by atoms with Gasteiger partial charge in [-0.2, -0.15) is 0 Å². The van der Waals surface area contributed by atoms with E-state index >= 15 is 0 Å². The molecule has 0 aromatic rings. The van der Waals surface area contributed by atoms with E-state index in [0.29, 0.717) is 5.92 Å². The van der Waals surface area contributed by atoms with Gasteiger partial charge in [-0.15, -0.1) is 0 Å². The number of fused-ring (bicyclic) bond motifs is 1. The number of halogens is 1. The van der Waals surface area contributed by atoms with Crippen LogP contribution in [0.5, 0.6) is 0 Å². The highest BCUT2D eigenvalue weighted by atomic mass is 79.9. The Morgan fingerprint density at radius 3 is 3.08 bits per heavy atom. The van der Waals surface area contributed by atoms with Crippen LogP contribution in [0.2, 0.25) is 0 Å². The maximum atomic E-state index is 8.81. The second kappa shape index (κ2) is 3.66. The summed E-state index contributed by atoms with van der Waals surface area (Å²) in [6.45, 7) is 0. The lowest BCUT2D eigenvalue weighted by atomic mass is 9.79. The zero-order chi connectivity index (χ0) is 9.26. The van der Waals surface area contributed by atoms with E-state index in [9.17, 15) is 0 Å². The van der Waals surface area contributed by atoms with Crippen molar-refractivity contribution in [1.82, 2.24) is 0 Å². The number of rotatable bonds is 0. The molecule has 1 atom stereocenters. The van der Waals surface area contributed by atoms with Crippen molar-refractivity contribution in [1.29, 1.82) is 0 Å². The van der Waals surface area contributed by atoms with Crippen molar-refractivity contribution in [3.05, 3.63) is 22.2 Å². The van der Waals surface area contributed by atoms with E-state index < -0.39 is 0 Å². The van der Waals surface area contributed by atoms with E-state index in [1.165, 1.54) is 16.5 Å². The Morgan fingerprint density at radius 1 is 1.46 bits per heavy atom. The van der Waals surface area contributed by atoms with E-state index in [1.54, 1.807) is 0 Å². The second-order valence-corrected chi connectivity index (χ2v) is 4.59. The summed E-state index contributed by atoms with van der Waals surface area (Å²) in [5, 5.41) is 12.2. The summed E-state index contributed by atoms with van der Waals surface area (Å²) in [6.07, 6.45) is 8.47. The summed E-state index contributed by atoms with van der Waals surface area (Å²) in [5.74, 6) is 0.569. The first-order valence-electron chi connectivity index (χ1n) is 4.59. The number of nitrogens with zero attached hydrogens (tertiary/aromatic N) is 1. The first-order chi connectivity index (χ1) is 6.31. The quantitative estimate of drug-likeness (QED) is 0.513. The van der Waals surface area contributed by atoms with Gasteiger partial charge >= 0.3 is 0 Å². The first-order valence-corrected chi connectivity index (χ1v) is 5.38. The second-order valence-electron chi connectivity index (χ2n) is 3.58. The number of hydrogen-bond donors (Lipinski definition) is 1. The molecule has 2 rings (SSSR count). The lowest BCUT2D eigenvalue weighted by Crippen LogP contribution is -2.21. The Labute approximate surface area is 86.1 Å². The van der Waals surface area contributed by atoms with E-state index in [1.807, 2.05) is 0 Å². The molecule has 2 aliphatic carbocycles. The molecule has 70 valence electrons. The average molecular weight is 242 g/mol. The topological polar surface area (TPSA) is 32.6 Å². The fourth-order valence-electron chi connectivity index (χ4n) is 2.09. The van der Waals surface area contributed by atoms with Gasteiger partial charge in [-0.1, -0.05) is 33.2 Å². The Morgan fingerprint density at radius 2 is 2.31 bits per heavy atom. The predicted octanol–water partition coefficient (Wildman–Crippen LogP) is 3.23. The molecule has 1 N–H and O–H groups in total. The monoisotopic (exact) mass is 241 g/mol. The normalized spacial score (nSPS) is 30.8. The summed E-state index contributed by atoms with van der Waals surface area (Å²) in [5.41, 5.74) is 2.12. The molecule has 2 aliphatic rings. The fraction of sp³-hybridized carbons (Fsp3) is 0.500. The lowest BCUT2D eigenvalue weighted by molar-refractivity contribution is 0.315. The van der Waals surface area contributed by atoms with Crippen LogP contribution < -0.4 is 0 Å². The van der Waals surface area contributed by atoms with Crippen molar-refractivity contribution in [3.63, 3.8) is 0 Å². The van der Waals surface area contributed by atoms with Crippen LogP contribution in [-0.2, 0) is 0 Å². The van der Waals surface area contributed by atoms with Crippen LogP contribution in [0.15, 0.2) is 27.4 Å². The standard InChI is InChI=1S/C10H12BrNO/c11-8-4-5-9-7(6-8)2-1-3-10(9)12-13/h4-5,7,13H,1-3,6H2. The third-order valence-corrected chi connectivity index (χ3v) is 3.33. The molecule has 1 fully saturated rings. The molecule has 13 heavy (non-hydrogen) atoms. The zero-order valence-corrected chi connectivity index (χ0v) is 8.92. The largest absolute Gasteiger partial charge is 0.411 e. The van der Waals surface area contributed by atoms with Crippen molar-refractivity contribution in [2.24, 2.45) is 11.1 Å². The van der Waals surface area contributed by atoms with E-state index in [-0.39, 0.29) is 0 Å². The molecule has 0 saturated heterocycles. The van der Waals surface area contributed by atoms with E-state index in [4.69, 9.17) is 5.21 Å². The average Bonchev–Trinajstić information content (AvgIpc) is 2.16. The summed E-state index contributed by atoms with van der Waals surface area (Å²) in [7, 11) is 0. The molecule has 0 aromatic carbocycles. The molecule has 0 amide bonds. The Kier molecular flexibility index (Phi) is 2.54. The highest BCUT2D eigenvalue weighted by Crippen LogP contribution is 2.36. The van der Waals surface area contributed by atoms with Gasteiger partial charge in [-0.25, -0.2) is 0 Å².